The highest BCUT2D eigenvalue weighted by molar-refractivity contribution is 6.30. The summed E-state index contributed by atoms with van der Waals surface area (Å²) in [5.41, 5.74) is 7.32. The van der Waals surface area contributed by atoms with Crippen molar-refractivity contribution in [2.45, 2.75) is 19.3 Å². The van der Waals surface area contributed by atoms with Crippen molar-refractivity contribution in [2.75, 3.05) is 0 Å². The monoisotopic (exact) mass is 479 g/mol. The minimum Gasteiger partial charge on any atom is -0.478 e. The number of carboxylic acids is 1. The lowest BCUT2D eigenvalue weighted by atomic mass is 9.72. The molecule has 0 radical (unpaired) electrons. The second-order valence-corrected chi connectivity index (χ2v) is 9.06. The van der Waals surface area contributed by atoms with E-state index in [0.717, 1.165) is 64.4 Å². The number of rotatable bonds is 6. The maximum atomic E-state index is 10.9. The van der Waals surface area contributed by atoms with Crippen molar-refractivity contribution in [2.24, 2.45) is 5.92 Å². The predicted molar refractivity (Wildman–Crippen MR) is 138 cm³/mol. The van der Waals surface area contributed by atoms with Crippen molar-refractivity contribution < 1.29 is 9.90 Å². The predicted octanol–water partition coefficient (Wildman–Crippen LogP) is 6.72. The van der Waals surface area contributed by atoms with Crippen LogP contribution in [0, 0.1) is 17.2 Å². The Hall–Kier alpha value is -4.14. The molecule has 1 saturated carbocycles. The maximum absolute atomic E-state index is 10.9. The first-order valence-electron chi connectivity index (χ1n) is 11.4. The van der Waals surface area contributed by atoms with E-state index in [1.54, 1.807) is 18.3 Å². The number of hydrogen-bond donors (Lipinski definition) is 1. The van der Waals surface area contributed by atoms with Gasteiger partial charge in [-0.1, -0.05) is 48.4 Å². The molecule has 0 aliphatic heterocycles. The second-order valence-electron chi connectivity index (χ2n) is 8.62. The molecule has 0 atom stereocenters. The Bertz CT molecular complexity index is 1520. The minimum atomic E-state index is -0.984. The van der Waals surface area contributed by atoms with Gasteiger partial charge in [-0.05, 0) is 82.5 Å². The van der Waals surface area contributed by atoms with Crippen molar-refractivity contribution in [3.63, 3.8) is 0 Å². The molecule has 0 unspecified atom stereocenters. The van der Waals surface area contributed by atoms with Gasteiger partial charge in [0.15, 0.2) is 0 Å². The average Bonchev–Trinajstić information content (AvgIpc) is 3.30. The molecule has 5 rings (SSSR count). The third-order valence-electron chi connectivity index (χ3n) is 6.47. The zero-order chi connectivity index (χ0) is 24.4. The quantitative estimate of drug-likeness (QED) is 0.246. The number of carbonyl (C=O) groups is 1. The fraction of sp³-hybridized carbons (Fsp3) is 0.138. The lowest BCUT2D eigenvalue weighted by Crippen LogP contribution is -2.16. The van der Waals surface area contributed by atoms with Crippen LogP contribution < -0.4 is 0 Å². The number of hydrogen-bond acceptors (Lipinski definition) is 3. The highest BCUT2D eigenvalue weighted by atomic mass is 35.5. The summed E-state index contributed by atoms with van der Waals surface area (Å²) in [6.45, 7) is 0. The van der Waals surface area contributed by atoms with E-state index < -0.39 is 5.97 Å². The van der Waals surface area contributed by atoms with E-state index in [-0.39, 0.29) is 0 Å². The average molecular weight is 480 g/mol. The molecule has 0 bridgehead atoms. The molecule has 1 N–H and O–H groups in total. The Morgan fingerprint density at radius 2 is 1.89 bits per heavy atom. The van der Waals surface area contributed by atoms with E-state index in [4.69, 9.17) is 16.7 Å². The van der Waals surface area contributed by atoms with Crippen molar-refractivity contribution in [3.05, 3.63) is 112 Å². The number of nitrogens with zero attached hydrogens (tertiary/aromatic N) is 3. The SMILES string of the molecule is N#Cc1cc(Cl)ccc1C(=C(c1ccc(C=CC(=O)O)cc1)c1ccc2nccn2c1)C1CCC1. The van der Waals surface area contributed by atoms with Crippen LogP contribution in [0.3, 0.4) is 0 Å². The van der Waals surface area contributed by atoms with Crippen molar-refractivity contribution >= 4 is 40.4 Å². The number of fused-ring (bicyclic) bond motifs is 1. The number of pyridine rings is 1. The van der Waals surface area contributed by atoms with E-state index in [1.807, 2.05) is 53.1 Å². The summed E-state index contributed by atoms with van der Waals surface area (Å²) in [7, 11) is 0. The molecule has 0 saturated heterocycles. The standard InChI is InChI=1S/C29H22ClN3O2/c30-24-10-11-25(23(16-24)17-31)29(20-2-1-3-20)28(22-9-12-26-32-14-15-33(26)18-22)21-7-4-19(5-8-21)6-13-27(34)35/h4-16,18,20H,1-3H2,(H,34,35). The summed E-state index contributed by atoms with van der Waals surface area (Å²) in [6, 6.07) is 19.8. The number of nitriles is 1. The fourth-order valence-electron chi connectivity index (χ4n) is 4.57. The number of imidazole rings is 1. The first kappa shape index (κ1) is 22.6. The Labute approximate surface area is 208 Å². The molecule has 1 fully saturated rings. The summed E-state index contributed by atoms with van der Waals surface area (Å²) in [5.74, 6) is -0.661. The third kappa shape index (κ3) is 4.62. The molecule has 0 amide bonds. The molecule has 1 aliphatic rings. The van der Waals surface area contributed by atoms with Gasteiger partial charge in [-0.3, -0.25) is 0 Å². The van der Waals surface area contributed by atoms with Gasteiger partial charge in [-0.15, -0.1) is 0 Å². The van der Waals surface area contributed by atoms with Gasteiger partial charge >= 0.3 is 5.97 Å². The molecule has 4 aromatic rings. The van der Waals surface area contributed by atoms with Crippen LogP contribution in [0.4, 0.5) is 0 Å². The number of carboxylic acid groups (broad SMARTS) is 1. The van der Waals surface area contributed by atoms with Crippen molar-refractivity contribution in [1.29, 1.82) is 5.26 Å². The number of halogens is 1. The van der Waals surface area contributed by atoms with Crippen LogP contribution in [-0.2, 0) is 4.79 Å². The van der Waals surface area contributed by atoms with Gasteiger partial charge in [0.2, 0.25) is 0 Å². The van der Waals surface area contributed by atoms with Crippen LogP contribution in [0.5, 0.6) is 0 Å². The zero-order valence-corrected chi connectivity index (χ0v) is 19.6. The van der Waals surface area contributed by atoms with Gasteiger partial charge in [0.1, 0.15) is 5.65 Å². The van der Waals surface area contributed by atoms with Crippen LogP contribution in [0.25, 0.3) is 22.9 Å². The molecule has 35 heavy (non-hydrogen) atoms. The summed E-state index contributed by atoms with van der Waals surface area (Å²) in [4.78, 5) is 15.3. The van der Waals surface area contributed by atoms with E-state index in [9.17, 15) is 10.1 Å². The van der Waals surface area contributed by atoms with Crippen molar-refractivity contribution in [3.8, 4) is 6.07 Å². The lowest BCUT2D eigenvalue weighted by molar-refractivity contribution is -0.131. The number of aromatic nitrogens is 2. The van der Waals surface area contributed by atoms with Crippen LogP contribution in [0.15, 0.2) is 79.3 Å². The molecular formula is C29H22ClN3O2. The molecule has 6 heteroatoms. The molecule has 2 aromatic heterocycles. The van der Waals surface area contributed by atoms with Gasteiger partial charge in [0.05, 0.1) is 11.6 Å². The second kappa shape index (κ2) is 9.61. The zero-order valence-electron chi connectivity index (χ0n) is 18.9. The Morgan fingerprint density at radius 1 is 1.11 bits per heavy atom. The summed E-state index contributed by atoms with van der Waals surface area (Å²) < 4.78 is 1.99. The van der Waals surface area contributed by atoms with Crippen LogP contribution in [0.1, 0.15) is 47.1 Å². The van der Waals surface area contributed by atoms with E-state index in [2.05, 4.69) is 23.3 Å². The number of benzene rings is 2. The lowest BCUT2D eigenvalue weighted by Gasteiger charge is -2.32. The maximum Gasteiger partial charge on any atom is 0.328 e. The van der Waals surface area contributed by atoms with Gasteiger partial charge in [-0.2, -0.15) is 5.26 Å². The summed E-state index contributed by atoms with van der Waals surface area (Å²) in [5, 5.41) is 19.4. The Balaban J connectivity index is 1.77. The van der Waals surface area contributed by atoms with E-state index >= 15 is 0 Å². The first-order valence-corrected chi connectivity index (χ1v) is 11.8. The van der Waals surface area contributed by atoms with Crippen LogP contribution >= 0.6 is 11.6 Å². The number of allylic oxidation sites excluding steroid dienone is 1. The van der Waals surface area contributed by atoms with Gasteiger partial charge in [0.25, 0.3) is 0 Å². The van der Waals surface area contributed by atoms with E-state index in [0.29, 0.717) is 16.5 Å². The largest absolute Gasteiger partial charge is 0.478 e. The third-order valence-corrected chi connectivity index (χ3v) is 6.71. The Kier molecular flexibility index (Phi) is 6.22. The molecule has 0 spiro atoms. The highest BCUT2D eigenvalue weighted by Gasteiger charge is 2.29. The molecule has 172 valence electrons. The summed E-state index contributed by atoms with van der Waals surface area (Å²) in [6.07, 6.45) is 11.7. The van der Waals surface area contributed by atoms with Gasteiger partial charge < -0.3 is 9.51 Å². The molecule has 2 aromatic carbocycles. The molecular weight excluding hydrogens is 458 g/mol. The fourth-order valence-corrected chi connectivity index (χ4v) is 4.75. The molecule has 2 heterocycles. The topological polar surface area (TPSA) is 78.4 Å². The molecule has 5 nitrogen and oxygen atoms in total. The van der Waals surface area contributed by atoms with Gasteiger partial charge in [0, 0.05) is 29.7 Å². The summed E-state index contributed by atoms with van der Waals surface area (Å²) >= 11 is 6.24. The van der Waals surface area contributed by atoms with Gasteiger partial charge in [-0.25, -0.2) is 9.78 Å². The smallest absolute Gasteiger partial charge is 0.328 e. The number of aliphatic carboxylic acids is 1. The highest BCUT2D eigenvalue weighted by Crippen LogP contribution is 2.46. The first-order chi connectivity index (χ1) is 17.0. The van der Waals surface area contributed by atoms with E-state index in [1.165, 1.54) is 0 Å². The Morgan fingerprint density at radius 3 is 2.57 bits per heavy atom. The normalized spacial score (nSPS) is 14.5. The van der Waals surface area contributed by atoms with Crippen LogP contribution in [-0.4, -0.2) is 20.5 Å². The van der Waals surface area contributed by atoms with Crippen molar-refractivity contribution in [1.82, 2.24) is 9.38 Å². The minimum absolute atomic E-state index is 0.323. The van der Waals surface area contributed by atoms with Crippen LogP contribution in [0.2, 0.25) is 5.02 Å². The molecule has 1 aliphatic carbocycles.